The maximum atomic E-state index is 3.78. The molecule has 0 saturated carbocycles. The average molecular weight is 328 g/mol. The monoisotopic (exact) mass is 327 g/mol. The third kappa shape index (κ3) is 4.01. The van der Waals surface area contributed by atoms with Crippen LogP contribution in [0.4, 0.5) is 0 Å². The number of nitrogens with one attached hydrogen (secondary N) is 1. The molecule has 2 rings (SSSR count). The molecule has 0 heterocycles. The van der Waals surface area contributed by atoms with Crippen molar-refractivity contribution in [3.8, 4) is 0 Å². The molecular formula is C15H22BrNS. The summed E-state index contributed by atoms with van der Waals surface area (Å²) in [7, 11) is 0. The summed E-state index contributed by atoms with van der Waals surface area (Å²) in [6, 6.07) is 8.00. The van der Waals surface area contributed by atoms with Crippen LogP contribution >= 0.6 is 27.7 Å². The molecule has 3 heteroatoms. The van der Waals surface area contributed by atoms with Crippen LogP contribution in [0.5, 0.6) is 0 Å². The van der Waals surface area contributed by atoms with Gasteiger partial charge in [-0.3, -0.25) is 0 Å². The molecule has 0 radical (unpaired) electrons. The minimum Gasteiger partial charge on any atom is -0.310 e. The summed E-state index contributed by atoms with van der Waals surface area (Å²) in [5.41, 5.74) is 3.05. The standard InChI is InChI=1S/C15H22BrNS/c1-3-18-10-11(2)17-15-7-5-12-8-14(16)6-4-13(12)9-15/h4,6,8,11,15,17H,3,5,7,9-10H2,1-2H3. The van der Waals surface area contributed by atoms with Crippen molar-refractivity contribution in [2.24, 2.45) is 0 Å². The van der Waals surface area contributed by atoms with E-state index < -0.39 is 0 Å². The van der Waals surface area contributed by atoms with Crippen molar-refractivity contribution in [1.29, 1.82) is 0 Å². The zero-order valence-corrected chi connectivity index (χ0v) is 13.6. The number of hydrogen-bond acceptors (Lipinski definition) is 2. The van der Waals surface area contributed by atoms with E-state index in [2.05, 4.69) is 53.3 Å². The van der Waals surface area contributed by atoms with Gasteiger partial charge in [-0.15, -0.1) is 0 Å². The highest BCUT2D eigenvalue weighted by Gasteiger charge is 2.19. The van der Waals surface area contributed by atoms with Crippen LogP contribution in [0, 0.1) is 0 Å². The van der Waals surface area contributed by atoms with Gasteiger partial charge in [-0.2, -0.15) is 11.8 Å². The Balaban J connectivity index is 1.89. The topological polar surface area (TPSA) is 12.0 Å². The van der Waals surface area contributed by atoms with Crippen molar-refractivity contribution in [3.63, 3.8) is 0 Å². The second-order valence-electron chi connectivity index (χ2n) is 5.08. The van der Waals surface area contributed by atoms with Gasteiger partial charge in [-0.25, -0.2) is 0 Å². The first-order valence-corrected chi connectivity index (χ1v) is 8.75. The van der Waals surface area contributed by atoms with E-state index in [0.717, 1.165) is 0 Å². The predicted molar refractivity (Wildman–Crippen MR) is 85.6 cm³/mol. The van der Waals surface area contributed by atoms with E-state index in [4.69, 9.17) is 0 Å². The maximum Gasteiger partial charge on any atom is 0.0178 e. The van der Waals surface area contributed by atoms with Crippen LogP contribution in [0.3, 0.4) is 0 Å². The number of thioether (sulfide) groups is 1. The SMILES string of the molecule is CCSCC(C)NC1CCc2cc(Br)ccc2C1. The molecule has 2 atom stereocenters. The van der Waals surface area contributed by atoms with Crippen LogP contribution in [0.1, 0.15) is 31.4 Å². The van der Waals surface area contributed by atoms with Crippen molar-refractivity contribution in [1.82, 2.24) is 5.32 Å². The summed E-state index contributed by atoms with van der Waals surface area (Å²) >= 11 is 5.58. The van der Waals surface area contributed by atoms with E-state index in [1.807, 2.05) is 11.8 Å². The molecule has 2 unspecified atom stereocenters. The van der Waals surface area contributed by atoms with E-state index in [9.17, 15) is 0 Å². The zero-order valence-electron chi connectivity index (χ0n) is 11.2. The fourth-order valence-corrected chi connectivity index (χ4v) is 3.70. The molecule has 0 aliphatic heterocycles. The van der Waals surface area contributed by atoms with Gasteiger partial charge in [-0.05, 0) is 55.2 Å². The second kappa shape index (κ2) is 6.97. The molecule has 1 aliphatic carbocycles. The molecule has 0 saturated heterocycles. The third-order valence-electron chi connectivity index (χ3n) is 3.49. The fraction of sp³-hybridized carbons (Fsp3) is 0.600. The molecule has 0 amide bonds. The number of rotatable bonds is 5. The first-order valence-electron chi connectivity index (χ1n) is 6.80. The van der Waals surface area contributed by atoms with Gasteiger partial charge in [0.05, 0.1) is 0 Å². The van der Waals surface area contributed by atoms with Crippen molar-refractivity contribution < 1.29 is 0 Å². The molecule has 0 spiro atoms. The summed E-state index contributed by atoms with van der Waals surface area (Å²) < 4.78 is 1.21. The summed E-state index contributed by atoms with van der Waals surface area (Å²) in [4.78, 5) is 0. The lowest BCUT2D eigenvalue weighted by atomic mass is 9.88. The number of fused-ring (bicyclic) bond motifs is 1. The van der Waals surface area contributed by atoms with Crippen molar-refractivity contribution in [3.05, 3.63) is 33.8 Å². The molecular weight excluding hydrogens is 306 g/mol. The summed E-state index contributed by atoms with van der Waals surface area (Å²) in [6.45, 7) is 4.53. The average Bonchev–Trinajstić information content (AvgIpc) is 2.36. The van der Waals surface area contributed by atoms with Gasteiger partial charge >= 0.3 is 0 Å². The maximum absolute atomic E-state index is 3.78. The first kappa shape index (κ1) is 14.4. The highest BCUT2D eigenvalue weighted by molar-refractivity contribution is 9.10. The number of hydrogen-bond donors (Lipinski definition) is 1. The highest BCUT2D eigenvalue weighted by atomic mass is 79.9. The van der Waals surface area contributed by atoms with Crippen molar-refractivity contribution in [2.75, 3.05) is 11.5 Å². The normalized spacial score (nSPS) is 20.5. The molecule has 100 valence electrons. The van der Waals surface area contributed by atoms with E-state index in [-0.39, 0.29) is 0 Å². The first-order chi connectivity index (χ1) is 8.69. The number of halogens is 1. The van der Waals surface area contributed by atoms with Gasteiger partial charge in [0.2, 0.25) is 0 Å². The Hall–Kier alpha value is 0.01000. The summed E-state index contributed by atoms with van der Waals surface area (Å²) in [6.07, 6.45) is 3.66. The van der Waals surface area contributed by atoms with Gasteiger partial charge in [0.15, 0.2) is 0 Å². The van der Waals surface area contributed by atoms with Gasteiger partial charge < -0.3 is 5.32 Å². The van der Waals surface area contributed by atoms with Crippen LogP contribution in [0.2, 0.25) is 0 Å². The molecule has 1 N–H and O–H groups in total. The van der Waals surface area contributed by atoms with Crippen LogP contribution in [0.15, 0.2) is 22.7 Å². The molecule has 1 aromatic rings. The fourth-order valence-electron chi connectivity index (χ4n) is 2.61. The molecule has 0 fully saturated rings. The highest BCUT2D eigenvalue weighted by Crippen LogP contribution is 2.25. The van der Waals surface area contributed by atoms with Crippen LogP contribution in [0.25, 0.3) is 0 Å². The minimum atomic E-state index is 0.622. The van der Waals surface area contributed by atoms with Crippen molar-refractivity contribution in [2.45, 2.75) is 45.2 Å². The van der Waals surface area contributed by atoms with Crippen LogP contribution in [-0.4, -0.2) is 23.6 Å². The second-order valence-corrected chi connectivity index (χ2v) is 7.31. The number of aryl methyl sites for hydroxylation is 1. The van der Waals surface area contributed by atoms with E-state index in [0.29, 0.717) is 12.1 Å². The largest absolute Gasteiger partial charge is 0.310 e. The predicted octanol–water partition coefficient (Wildman–Crippen LogP) is 4.04. The molecule has 0 bridgehead atoms. The summed E-state index contributed by atoms with van der Waals surface area (Å²) in [5.74, 6) is 2.44. The lowest BCUT2D eigenvalue weighted by Crippen LogP contribution is -2.41. The zero-order chi connectivity index (χ0) is 13.0. The lowest BCUT2D eigenvalue weighted by Gasteiger charge is -2.28. The third-order valence-corrected chi connectivity index (χ3v) is 5.13. The van der Waals surface area contributed by atoms with Gasteiger partial charge in [0.25, 0.3) is 0 Å². The molecule has 1 nitrogen and oxygen atoms in total. The van der Waals surface area contributed by atoms with E-state index in [1.165, 1.54) is 46.4 Å². The van der Waals surface area contributed by atoms with Gasteiger partial charge in [0, 0.05) is 22.3 Å². The van der Waals surface area contributed by atoms with E-state index >= 15 is 0 Å². The Kier molecular flexibility index (Phi) is 5.58. The minimum absolute atomic E-state index is 0.622. The van der Waals surface area contributed by atoms with Gasteiger partial charge in [0.1, 0.15) is 0 Å². The Morgan fingerprint density at radius 2 is 2.28 bits per heavy atom. The Labute approximate surface area is 123 Å². The lowest BCUT2D eigenvalue weighted by molar-refractivity contribution is 0.424. The summed E-state index contributed by atoms with van der Waals surface area (Å²) in [5, 5.41) is 3.78. The smallest absolute Gasteiger partial charge is 0.0178 e. The Bertz CT molecular complexity index is 394. The molecule has 1 aromatic carbocycles. The van der Waals surface area contributed by atoms with Gasteiger partial charge in [-0.1, -0.05) is 28.9 Å². The van der Waals surface area contributed by atoms with Crippen molar-refractivity contribution >= 4 is 27.7 Å². The Morgan fingerprint density at radius 3 is 3.06 bits per heavy atom. The van der Waals surface area contributed by atoms with E-state index in [1.54, 1.807) is 0 Å². The number of benzene rings is 1. The molecule has 1 aliphatic rings. The van der Waals surface area contributed by atoms with Crippen LogP contribution < -0.4 is 5.32 Å². The molecule has 0 aromatic heterocycles. The Morgan fingerprint density at radius 1 is 1.44 bits per heavy atom. The quantitative estimate of drug-likeness (QED) is 0.875. The molecule has 18 heavy (non-hydrogen) atoms. The van der Waals surface area contributed by atoms with Crippen LogP contribution in [-0.2, 0) is 12.8 Å².